The summed E-state index contributed by atoms with van der Waals surface area (Å²) in [6, 6.07) is 22.0. The molecule has 2 aliphatic carbocycles. The minimum absolute atomic E-state index is 0.666. The lowest BCUT2D eigenvalue weighted by molar-refractivity contribution is 0.419. The summed E-state index contributed by atoms with van der Waals surface area (Å²) < 4.78 is 5.59. The lowest BCUT2D eigenvalue weighted by Crippen LogP contribution is -1.85. The summed E-state index contributed by atoms with van der Waals surface area (Å²) in [5.41, 5.74) is 4.43. The molecule has 2 heteroatoms. The topological polar surface area (TPSA) is 33.0 Å². The van der Waals surface area contributed by atoms with E-state index in [1.54, 1.807) is 7.11 Å². The molecule has 0 aliphatic heterocycles. The molecule has 0 N–H and O–H groups in total. The lowest BCUT2D eigenvalue weighted by Gasteiger charge is -2.04. The number of nitriles is 1. The van der Waals surface area contributed by atoms with Crippen molar-refractivity contribution in [2.75, 3.05) is 7.11 Å². The highest BCUT2D eigenvalue weighted by molar-refractivity contribution is 5.95. The van der Waals surface area contributed by atoms with Gasteiger partial charge in [-0.05, 0) is 5.56 Å². The van der Waals surface area contributed by atoms with Gasteiger partial charge in [-0.2, -0.15) is 5.26 Å². The van der Waals surface area contributed by atoms with E-state index in [1.807, 2.05) is 60.7 Å². The average Bonchev–Trinajstić information content (AvgIpc) is 2.64. The fourth-order valence-corrected chi connectivity index (χ4v) is 2.55. The molecule has 0 radical (unpaired) electrons. The number of ether oxygens (including phenoxy) is 1. The molecular formula is C18H13NO. The molecular weight excluding hydrogens is 246 g/mol. The van der Waals surface area contributed by atoms with Crippen molar-refractivity contribution in [2.24, 2.45) is 0 Å². The minimum Gasteiger partial charge on any atom is -0.495 e. The first-order valence-corrected chi connectivity index (χ1v) is 6.41. The van der Waals surface area contributed by atoms with Gasteiger partial charge in [-0.15, -0.1) is 0 Å². The van der Waals surface area contributed by atoms with E-state index < -0.39 is 0 Å². The molecule has 0 atom stereocenters. The largest absolute Gasteiger partial charge is 0.495 e. The molecule has 0 unspecified atom stereocenters. The van der Waals surface area contributed by atoms with Crippen LogP contribution in [-0.4, -0.2) is 7.11 Å². The van der Waals surface area contributed by atoms with Crippen LogP contribution in [0, 0.1) is 11.3 Å². The van der Waals surface area contributed by atoms with Crippen molar-refractivity contribution in [1.29, 1.82) is 5.26 Å². The van der Waals surface area contributed by atoms with Gasteiger partial charge in [-0.1, -0.05) is 60.7 Å². The highest BCUT2D eigenvalue weighted by Gasteiger charge is 2.24. The van der Waals surface area contributed by atoms with Crippen molar-refractivity contribution in [3.8, 4) is 34.1 Å². The third-order valence-corrected chi connectivity index (χ3v) is 3.41. The van der Waals surface area contributed by atoms with E-state index in [-0.39, 0.29) is 0 Å². The molecule has 0 saturated heterocycles. The summed E-state index contributed by atoms with van der Waals surface area (Å²) >= 11 is 0. The van der Waals surface area contributed by atoms with Crippen molar-refractivity contribution in [3.63, 3.8) is 0 Å². The first-order chi connectivity index (χ1) is 9.86. The Morgan fingerprint density at radius 1 is 0.850 bits per heavy atom. The summed E-state index contributed by atoms with van der Waals surface area (Å²) in [7, 11) is 1.65. The fourth-order valence-electron chi connectivity index (χ4n) is 2.55. The van der Waals surface area contributed by atoms with Gasteiger partial charge in [0.05, 0.1) is 12.7 Å². The molecule has 0 heterocycles. The Kier molecular flexibility index (Phi) is 3.10. The van der Waals surface area contributed by atoms with Crippen molar-refractivity contribution >= 4 is 0 Å². The molecule has 0 fully saturated rings. The highest BCUT2D eigenvalue weighted by Crippen LogP contribution is 2.47. The maximum Gasteiger partial charge on any atom is 0.135 e. The van der Waals surface area contributed by atoms with Crippen LogP contribution in [0.1, 0.15) is 5.56 Å². The molecule has 0 aromatic heterocycles. The zero-order chi connectivity index (χ0) is 13.9. The Bertz CT molecular complexity index is 756. The zero-order valence-electron chi connectivity index (χ0n) is 11.1. The summed E-state index contributed by atoms with van der Waals surface area (Å²) in [4.78, 5) is 0. The van der Waals surface area contributed by atoms with Crippen LogP contribution in [0.2, 0.25) is 0 Å². The van der Waals surface area contributed by atoms with E-state index in [1.165, 1.54) is 0 Å². The Balaban J connectivity index is 2.42. The summed E-state index contributed by atoms with van der Waals surface area (Å²) in [6.45, 7) is 0. The van der Waals surface area contributed by atoms with E-state index in [2.05, 4.69) is 6.07 Å². The zero-order valence-corrected chi connectivity index (χ0v) is 11.1. The normalized spacial score (nSPS) is 10.2. The number of methoxy groups -OCH3 is 1. The predicted molar refractivity (Wildman–Crippen MR) is 79.8 cm³/mol. The quantitative estimate of drug-likeness (QED) is 0.686. The molecule has 20 heavy (non-hydrogen) atoms. The van der Waals surface area contributed by atoms with Gasteiger partial charge >= 0.3 is 0 Å². The third kappa shape index (κ3) is 1.81. The summed E-state index contributed by atoms with van der Waals surface area (Å²) in [6.07, 6.45) is 0. The van der Waals surface area contributed by atoms with Crippen LogP contribution in [-0.2, 0) is 0 Å². The van der Waals surface area contributed by atoms with Crippen LogP contribution in [0.4, 0.5) is 0 Å². The molecule has 1 aromatic carbocycles. The maximum atomic E-state index is 9.56. The van der Waals surface area contributed by atoms with Crippen LogP contribution >= 0.6 is 0 Å². The van der Waals surface area contributed by atoms with Gasteiger partial charge in [-0.25, -0.2) is 0 Å². The molecule has 0 spiro atoms. The van der Waals surface area contributed by atoms with Crippen molar-refractivity contribution < 1.29 is 4.74 Å². The molecule has 0 bridgehead atoms. The Morgan fingerprint density at radius 2 is 1.45 bits per heavy atom. The molecule has 96 valence electrons. The van der Waals surface area contributed by atoms with E-state index in [9.17, 15) is 5.26 Å². The molecule has 0 amide bonds. The number of hydrogen-bond donors (Lipinski definition) is 0. The van der Waals surface area contributed by atoms with Gasteiger partial charge in [0.2, 0.25) is 0 Å². The van der Waals surface area contributed by atoms with E-state index in [4.69, 9.17) is 4.74 Å². The van der Waals surface area contributed by atoms with Gasteiger partial charge in [0.15, 0.2) is 0 Å². The van der Waals surface area contributed by atoms with Gasteiger partial charge < -0.3 is 4.74 Å². The van der Waals surface area contributed by atoms with Crippen LogP contribution in [0.25, 0.3) is 22.3 Å². The Labute approximate surface area is 118 Å². The van der Waals surface area contributed by atoms with Crippen LogP contribution < -0.4 is 4.74 Å². The van der Waals surface area contributed by atoms with Crippen LogP contribution in [0.5, 0.6) is 5.75 Å². The van der Waals surface area contributed by atoms with Crippen LogP contribution in [0.15, 0.2) is 60.7 Å². The molecule has 2 aliphatic rings. The van der Waals surface area contributed by atoms with Gasteiger partial charge in [-0.3, -0.25) is 0 Å². The molecule has 1 aromatic rings. The first-order valence-electron chi connectivity index (χ1n) is 6.41. The highest BCUT2D eigenvalue weighted by atomic mass is 16.5. The lowest BCUT2D eigenvalue weighted by atomic mass is 10.0. The monoisotopic (exact) mass is 259 g/mol. The van der Waals surface area contributed by atoms with Gasteiger partial charge in [0.25, 0.3) is 0 Å². The standard InChI is InChI=1S/C18H13NO/c1-20-18-15-11-7-3-6-10-14(15)16(12-19)17(18)13-8-4-2-5-9-13/h2-11H,1H3. The van der Waals surface area contributed by atoms with Crippen molar-refractivity contribution in [3.05, 3.63) is 66.2 Å². The van der Waals surface area contributed by atoms with Crippen molar-refractivity contribution in [1.82, 2.24) is 0 Å². The number of benzene rings is 1. The first kappa shape index (κ1) is 12.3. The van der Waals surface area contributed by atoms with Crippen LogP contribution in [0.3, 0.4) is 0 Å². The SMILES string of the molecule is COc1c2cccccc-2c(C#N)c1-c1ccccc1. The minimum atomic E-state index is 0.666. The third-order valence-electron chi connectivity index (χ3n) is 3.41. The Hall–Kier alpha value is -2.79. The second-order valence-electron chi connectivity index (χ2n) is 4.50. The molecule has 3 rings (SSSR count). The maximum absolute atomic E-state index is 9.56. The van der Waals surface area contributed by atoms with E-state index >= 15 is 0 Å². The predicted octanol–water partition coefficient (Wildman–Crippen LogP) is 4.34. The van der Waals surface area contributed by atoms with Crippen molar-refractivity contribution in [2.45, 2.75) is 0 Å². The Morgan fingerprint density at radius 3 is 2.05 bits per heavy atom. The van der Waals surface area contributed by atoms with Gasteiger partial charge in [0, 0.05) is 16.7 Å². The van der Waals surface area contributed by atoms with Gasteiger partial charge in [0.1, 0.15) is 11.8 Å². The summed E-state index contributed by atoms with van der Waals surface area (Å²) in [5, 5.41) is 9.56. The molecule has 0 saturated carbocycles. The number of rotatable bonds is 2. The smallest absolute Gasteiger partial charge is 0.135 e. The number of nitrogens with zero attached hydrogens (tertiary/aromatic N) is 1. The second-order valence-corrected chi connectivity index (χ2v) is 4.50. The van der Waals surface area contributed by atoms with E-state index in [0.29, 0.717) is 5.56 Å². The fraction of sp³-hybridized carbons (Fsp3) is 0.0556. The van der Waals surface area contributed by atoms with E-state index in [0.717, 1.165) is 28.0 Å². The number of hydrogen-bond acceptors (Lipinski definition) is 2. The second kappa shape index (κ2) is 5.07. The average molecular weight is 259 g/mol. The summed E-state index contributed by atoms with van der Waals surface area (Å²) in [5.74, 6) is 0.763. The number of fused-ring (bicyclic) bond motifs is 1. The molecule has 2 nitrogen and oxygen atoms in total.